The van der Waals surface area contributed by atoms with E-state index >= 15 is 0 Å². The van der Waals surface area contributed by atoms with Crippen molar-refractivity contribution in [2.24, 2.45) is 0 Å². The van der Waals surface area contributed by atoms with Crippen LogP contribution in [0.4, 0.5) is 0 Å². The topological polar surface area (TPSA) is 46.2 Å². The zero-order chi connectivity index (χ0) is 13.7. The standard InChI is InChI=1S/C14H15NO2S2/c1-2-4-13(16)15-9-10-6-7-12(19-10)14(17)11-5-3-8-18-11/h3,5-8H,2,4,9H2,1H3,(H,15,16). The van der Waals surface area contributed by atoms with E-state index in [1.54, 1.807) is 0 Å². The first-order chi connectivity index (χ1) is 9.20. The summed E-state index contributed by atoms with van der Waals surface area (Å²) in [6, 6.07) is 7.43. The molecule has 3 nitrogen and oxygen atoms in total. The third-order valence-corrected chi connectivity index (χ3v) is 4.52. The van der Waals surface area contributed by atoms with E-state index in [2.05, 4.69) is 5.32 Å². The molecule has 0 bridgehead atoms. The SMILES string of the molecule is CCCC(=O)NCc1ccc(C(=O)c2cccs2)s1. The molecule has 5 heteroatoms. The van der Waals surface area contributed by atoms with Crippen molar-refractivity contribution in [3.63, 3.8) is 0 Å². The van der Waals surface area contributed by atoms with Gasteiger partial charge in [-0.3, -0.25) is 9.59 Å². The molecule has 0 radical (unpaired) electrons. The Hall–Kier alpha value is -1.46. The number of carbonyl (C=O) groups is 2. The fraction of sp³-hybridized carbons (Fsp3) is 0.286. The maximum absolute atomic E-state index is 12.1. The highest BCUT2D eigenvalue weighted by Gasteiger charge is 2.12. The third kappa shape index (κ3) is 3.75. The Balaban J connectivity index is 1.96. The first-order valence-electron chi connectivity index (χ1n) is 6.14. The van der Waals surface area contributed by atoms with Gasteiger partial charge in [-0.15, -0.1) is 22.7 Å². The summed E-state index contributed by atoms with van der Waals surface area (Å²) in [6.07, 6.45) is 1.39. The van der Waals surface area contributed by atoms with Crippen molar-refractivity contribution in [2.45, 2.75) is 26.3 Å². The van der Waals surface area contributed by atoms with Gasteiger partial charge in [-0.05, 0) is 30.0 Å². The average molecular weight is 293 g/mol. The molecule has 0 saturated heterocycles. The van der Waals surface area contributed by atoms with Gasteiger partial charge in [0.15, 0.2) is 0 Å². The maximum atomic E-state index is 12.1. The first-order valence-corrected chi connectivity index (χ1v) is 7.84. The highest BCUT2D eigenvalue weighted by Crippen LogP contribution is 2.22. The van der Waals surface area contributed by atoms with Crippen LogP contribution in [-0.2, 0) is 11.3 Å². The lowest BCUT2D eigenvalue weighted by atomic mass is 10.3. The van der Waals surface area contributed by atoms with E-state index in [1.165, 1.54) is 22.7 Å². The second kappa shape index (κ2) is 6.63. The lowest BCUT2D eigenvalue weighted by molar-refractivity contribution is -0.121. The summed E-state index contributed by atoms with van der Waals surface area (Å²) < 4.78 is 0. The van der Waals surface area contributed by atoms with Gasteiger partial charge in [-0.25, -0.2) is 0 Å². The van der Waals surface area contributed by atoms with Crippen LogP contribution in [0.3, 0.4) is 0 Å². The number of ketones is 1. The third-order valence-electron chi connectivity index (χ3n) is 2.57. The lowest BCUT2D eigenvalue weighted by Crippen LogP contribution is -2.21. The first kappa shape index (κ1) is 14.0. The molecule has 0 saturated carbocycles. The van der Waals surface area contributed by atoms with Crippen molar-refractivity contribution in [1.82, 2.24) is 5.32 Å². The Labute approximate surface area is 120 Å². The van der Waals surface area contributed by atoms with Crippen molar-refractivity contribution in [3.8, 4) is 0 Å². The zero-order valence-corrected chi connectivity index (χ0v) is 12.3. The average Bonchev–Trinajstić information content (AvgIpc) is 3.07. The molecule has 1 amide bonds. The highest BCUT2D eigenvalue weighted by atomic mass is 32.1. The Kier molecular flexibility index (Phi) is 4.87. The summed E-state index contributed by atoms with van der Waals surface area (Å²) in [6.45, 7) is 2.48. The Morgan fingerprint density at radius 1 is 1.21 bits per heavy atom. The number of nitrogens with one attached hydrogen (secondary N) is 1. The van der Waals surface area contributed by atoms with Crippen molar-refractivity contribution in [2.75, 3.05) is 0 Å². The lowest BCUT2D eigenvalue weighted by Gasteiger charge is -2.01. The molecule has 100 valence electrons. The van der Waals surface area contributed by atoms with Crippen LogP contribution in [0, 0.1) is 0 Å². The van der Waals surface area contributed by atoms with E-state index in [0.717, 1.165) is 21.1 Å². The Bertz CT molecular complexity index is 558. The molecule has 0 aliphatic carbocycles. The van der Waals surface area contributed by atoms with Crippen molar-refractivity contribution in [3.05, 3.63) is 44.3 Å². The molecular formula is C14H15NO2S2. The van der Waals surface area contributed by atoms with Gasteiger partial charge in [0.25, 0.3) is 0 Å². The van der Waals surface area contributed by atoms with Crippen LogP contribution < -0.4 is 5.32 Å². The maximum Gasteiger partial charge on any atom is 0.220 e. The van der Waals surface area contributed by atoms with Crippen LogP contribution in [0.2, 0.25) is 0 Å². The van der Waals surface area contributed by atoms with Crippen molar-refractivity contribution in [1.29, 1.82) is 0 Å². The van der Waals surface area contributed by atoms with Gasteiger partial charge in [0.05, 0.1) is 16.3 Å². The van der Waals surface area contributed by atoms with Crippen molar-refractivity contribution >= 4 is 34.4 Å². The Morgan fingerprint density at radius 3 is 2.74 bits per heavy atom. The summed E-state index contributed by atoms with van der Waals surface area (Å²) in [5.74, 6) is 0.119. The number of rotatable bonds is 6. The number of amides is 1. The largest absolute Gasteiger partial charge is 0.351 e. The molecule has 2 rings (SSSR count). The second-order valence-corrected chi connectivity index (χ2v) is 6.22. The van der Waals surface area contributed by atoms with E-state index in [1.807, 2.05) is 36.6 Å². The van der Waals surface area contributed by atoms with Gasteiger partial charge in [-0.2, -0.15) is 0 Å². The number of hydrogen-bond donors (Lipinski definition) is 1. The number of hydrogen-bond acceptors (Lipinski definition) is 4. The van der Waals surface area contributed by atoms with Gasteiger partial charge in [0, 0.05) is 11.3 Å². The normalized spacial score (nSPS) is 10.4. The predicted octanol–water partition coefficient (Wildman–Crippen LogP) is 3.46. The minimum absolute atomic E-state index is 0.0574. The summed E-state index contributed by atoms with van der Waals surface area (Å²) in [5.41, 5.74) is 0. The second-order valence-electron chi connectivity index (χ2n) is 4.10. The molecule has 0 unspecified atom stereocenters. The monoisotopic (exact) mass is 293 g/mol. The van der Waals surface area contributed by atoms with Gasteiger partial charge >= 0.3 is 0 Å². The molecule has 0 atom stereocenters. The molecule has 2 heterocycles. The molecule has 2 aromatic heterocycles. The zero-order valence-electron chi connectivity index (χ0n) is 10.6. The minimum atomic E-state index is 0.0574. The van der Waals surface area contributed by atoms with E-state index in [-0.39, 0.29) is 11.7 Å². The van der Waals surface area contributed by atoms with E-state index < -0.39 is 0 Å². The molecule has 0 fully saturated rings. The van der Waals surface area contributed by atoms with Crippen molar-refractivity contribution < 1.29 is 9.59 Å². The van der Waals surface area contributed by atoms with Crippen LogP contribution in [0.15, 0.2) is 29.6 Å². The molecular weight excluding hydrogens is 278 g/mol. The molecule has 2 aromatic rings. The molecule has 0 aliphatic rings. The summed E-state index contributed by atoms with van der Waals surface area (Å²) in [5, 5.41) is 4.75. The molecule has 0 aliphatic heterocycles. The minimum Gasteiger partial charge on any atom is -0.351 e. The quantitative estimate of drug-likeness (QED) is 0.829. The van der Waals surface area contributed by atoms with Crippen LogP contribution >= 0.6 is 22.7 Å². The van der Waals surface area contributed by atoms with Gasteiger partial charge in [-0.1, -0.05) is 13.0 Å². The fourth-order valence-electron chi connectivity index (χ4n) is 1.63. The summed E-state index contributed by atoms with van der Waals surface area (Å²) in [7, 11) is 0. The number of thiophene rings is 2. The van der Waals surface area contributed by atoms with E-state index in [0.29, 0.717) is 13.0 Å². The van der Waals surface area contributed by atoms with E-state index in [4.69, 9.17) is 0 Å². The van der Waals surface area contributed by atoms with Crippen LogP contribution in [-0.4, -0.2) is 11.7 Å². The molecule has 0 aromatic carbocycles. The number of carbonyl (C=O) groups excluding carboxylic acids is 2. The fourth-order valence-corrected chi connectivity index (χ4v) is 3.27. The van der Waals surface area contributed by atoms with Gasteiger partial charge < -0.3 is 5.32 Å². The molecule has 1 N–H and O–H groups in total. The van der Waals surface area contributed by atoms with Crippen LogP contribution in [0.1, 0.15) is 39.2 Å². The summed E-state index contributed by atoms with van der Waals surface area (Å²) >= 11 is 2.89. The van der Waals surface area contributed by atoms with Gasteiger partial charge in [0.1, 0.15) is 0 Å². The summed E-state index contributed by atoms with van der Waals surface area (Å²) in [4.78, 5) is 25.9. The smallest absolute Gasteiger partial charge is 0.220 e. The molecule has 0 spiro atoms. The van der Waals surface area contributed by atoms with E-state index in [9.17, 15) is 9.59 Å². The van der Waals surface area contributed by atoms with Crippen LogP contribution in [0.25, 0.3) is 0 Å². The highest BCUT2D eigenvalue weighted by molar-refractivity contribution is 7.16. The van der Waals surface area contributed by atoms with Crippen LogP contribution in [0.5, 0.6) is 0 Å². The van der Waals surface area contributed by atoms with Gasteiger partial charge in [0.2, 0.25) is 11.7 Å². The predicted molar refractivity (Wildman–Crippen MR) is 78.8 cm³/mol. The molecule has 19 heavy (non-hydrogen) atoms. The Morgan fingerprint density at radius 2 is 2.05 bits per heavy atom.